The van der Waals surface area contributed by atoms with Crippen molar-refractivity contribution in [1.29, 1.82) is 0 Å². The fourth-order valence-electron chi connectivity index (χ4n) is 2.05. The van der Waals surface area contributed by atoms with E-state index in [1.807, 2.05) is 6.07 Å². The first kappa shape index (κ1) is 11.6. The van der Waals surface area contributed by atoms with Crippen LogP contribution in [0.4, 0.5) is 0 Å². The molecule has 0 aliphatic carbocycles. The van der Waals surface area contributed by atoms with E-state index in [0.717, 1.165) is 12.7 Å². The highest BCUT2D eigenvalue weighted by molar-refractivity contribution is 5.67. The first-order chi connectivity index (χ1) is 8.31. The Bertz CT molecular complexity index is 500. The first-order valence-electron chi connectivity index (χ1n) is 5.90. The number of hydrogen-bond donors (Lipinski definition) is 0. The van der Waals surface area contributed by atoms with Gasteiger partial charge in [0.2, 0.25) is 0 Å². The predicted octanol–water partition coefficient (Wildman–Crippen LogP) is 3.79. The Hall–Kier alpha value is -1.89. The summed E-state index contributed by atoms with van der Waals surface area (Å²) in [6, 6.07) is 16.8. The highest BCUT2D eigenvalue weighted by atomic mass is 16.1. The third-order valence-electron chi connectivity index (χ3n) is 2.93. The van der Waals surface area contributed by atoms with Crippen molar-refractivity contribution in [3.8, 4) is 11.1 Å². The summed E-state index contributed by atoms with van der Waals surface area (Å²) in [5.74, 6) is 0. The molecule has 1 nitrogen and oxygen atoms in total. The predicted molar refractivity (Wildman–Crippen MR) is 71.0 cm³/mol. The molecule has 0 saturated heterocycles. The van der Waals surface area contributed by atoms with Crippen molar-refractivity contribution in [3.05, 3.63) is 59.7 Å². The molecule has 0 heterocycles. The number of aldehydes is 1. The van der Waals surface area contributed by atoms with Gasteiger partial charge in [-0.2, -0.15) is 0 Å². The van der Waals surface area contributed by atoms with E-state index in [0.29, 0.717) is 6.42 Å². The monoisotopic (exact) mass is 224 g/mol. The zero-order valence-electron chi connectivity index (χ0n) is 10.0. The molecule has 1 heteroatoms. The number of carbonyl (C=O) groups excluding carboxylic acids is 1. The molecule has 86 valence electrons. The molecule has 0 fully saturated rings. The highest BCUT2D eigenvalue weighted by Gasteiger charge is 2.02. The SMILES string of the molecule is Cc1cc(CCC=O)ccc1-c1ccccc1. The van der Waals surface area contributed by atoms with E-state index >= 15 is 0 Å². The number of carbonyl (C=O) groups is 1. The molecule has 0 atom stereocenters. The largest absolute Gasteiger partial charge is 0.303 e. The maximum absolute atomic E-state index is 10.4. The maximum atomic E-state index is 10.4. The molecule has 0 N–H and O–H groups in total. The van der Waals surface area contributed by atoms with Crippen LogP contribution in [0.3, 0.4) is 0 Å². The van der Waals surface area contributed by atoms with Gasteiger partial charge in [0.05, 0.1) is 0 Å². The molecule has 0 aliphatic heterocycles. The van der Waals surface area contributed by atoms with Gasteiger partial charge in [-0.15, -0.1) is 0 Å². The lowest BCUT2D eigenvalue weighted by Crippen LogP contribution is -1.89. The van der Waals surface area contributed by atoms with Crippen LogP contribution in [0.25, 0.3) is 11.1 Å². The minimum absolute atomic E-state index is 0.601. The van der Waals surface area contributed by atoms with Gasteiger partial charge in [0.1, 0.15) is 6.29 Å². The maximum Gasteiger partial charge on any atom is 0.120 e. The Morgan fingerprint density at radius 3 is 2.47 bits per heavy atom. The average Bonchev–Trinajstić information content (AvgIpc) is 2.37. The highest BCUT2D eigenvalue weighted by Crippen LogP contribution is 2.24. The molecule has 0 saturated carbocycles. The summed E-state index contributed by atoms with van der Waals surface area (Å²) in [4.78, 5) is 10.4. The molecule has 2 aromatic carbocycles. The summed E-state index contributed by atoms with van der Waals surface area (Å²) in [7, 11) is 0. The lowest BCUT2D eigenvalue weighted by Gasteiger charge is -2.08. The summed E-state index contributed by atoms with van der Waals surface area (Å²) in [6.45, 7) is 2.12. The molecule has 17 heavy (non-hydrogen) atoms. The molecular formula is C16H16O. The summed E-state index contributed by atoms with van der Waals surface area (Å²) in [5.41, 5.74) is 5.00. The normalized spacial score (nSPS) is 10.2. The van der Waals surface area contributed by atoms with E-state index in [1.54, 1.807) is 0 Å². The standard InChI is InChI=1S/C16H16O/c1-13-12-14(6-5-11-17)9-10-16(13)15-7-3-2-4-8-15/h2-4,7-12H,5-6H2,1H3. The fourth-order valence-corrected chi connectivity index (χ4v) is 2.05. The summed E-state index contributed by atoms with van der Waals surface area (Å²) in [6.07, 6.45) is 2.41. The zero-order valence-corrected chi connectivity index (χ0v) is 10.0. The van der Waals surface area contributed by atoms with Crippen molar-refractivity contribution < 1.29 is 4.79 Å². The Morgan fingerprint density at radius 1 is 1.06 bits per heavy atom. The second kappa shape index (κ2) is 5.44. The number of hydrogen-bond acceptors (Lipinski definition) is 1. The van der Waals surface area contributed by atoms with Crippen LogP contribution in [0.15, 0.2) is 48.5 Å². The molecular weight excluding hydrogens is 208 g/mol. The molecule has 0 radical (unpaired) electrons. The molecule has 0 amide bonds. The van der Waals surface area contributed by atoms with Gasteiger partial charge in [-0.1, -0.05) is 48.5 Å². The minimum atomic E-state index is 0.601. The van der Waals surface area contributed by atoms with Gasteiger partial charge in [-0.3, -0.25) is 0 Å². The van der Waals surface area contributed by atoms with E-state index in [4.69, 9.17) is 0 Å². The smallest absolute Gasteiger partial charge is 0.120 e. The quantitative estimate of drug-likeness (QED) is 0.722. The Labute approximate surface area is 102 Å². The fraction of sp³-hybridized carbons (Fsp3) is 0.188. The van der Waals surface area contributed by atoms with Crippen molar-refractivity contribution in [1.82, 2.24) is 0 Å². The Kier molecular flexibility index (Phi) is 3.71. The Morgan fingerprint density at radius 2 is 1.82 bits per heavy atom. The van der Waals surface area contributed by atoms with E-state index in [9.17, 15) is 4.79 Å². The van der Waals surface area contributed by atoms with E-state index < -0.39 is 0 Å². The summed E-state index contributed by atoms with van der Waals surface area (Å²) in [5, 5.41) is 0. The second-order valence-electron chi connectivity index (χ2n) is 4.22. The molecule has 0 bridgehead atoms. The van der Waals surface area contributed by atoms with Gasteiger partial charge in [-0.05, 0) is 35.6 Å². The van der Waals surface area contributed by atoms with E-state index in [1.165, 1.54) is 22.3 Å². The van der Waals surface area contributed by atoms with Gasteiger partial charge in [0.15, 0.2) is 0 Å². The third-order valence-corrected chi connectivity index (χ3v) is 2.93. The first-order valence-corrected chi connectivity index (χ1v) is 5.90. The topological polar surface area (TPSA) is 17.1 Å². The molecule has 0 aromatic heterocycles. The zero-order chi connectivity index (χ0) is 12.1. The summed E-state index contributed by atoms with van der Waals surface area (Å²) >= 11 is 0. The van der Waals surface area contributed by atoms with Gasteiger partial charge in [0.25, 0.3) is 0 Å². The van der Waals surface area contributed by atoms with E-state index in [2.05, 4.69) is 49.4 Å². The lowest BCUT2D eigenvalue weighted by molar-refractivity contribution is -0.107. The number of benzene rings is 2. The second-order valence-corrected chi connectivity index (χ2v) is 4.22. The van der Waals surface area contributed by atoms with Gasteiger partial charge >= 0.3 is 0 Å². The van der Waals surface area contributed by atoms with Crippen molar-refractivity contribution in [2.45, 2.75) is 19.8 Å². The Balaban J connectivity index is 2.29. The van der Waals surface area contributed by atoms with Crippen molar-refractivity contribution in [3.63, 3.8) is 0 Å². The molecule has 2 aromatic rings. The molecule has 0 spiro atoms. The average molecular weight is 224 g/mol. The van der Waals surface area contributed by atoms with Gasteiger partial charge in [-0.25, -0.2) is 0 Å². The molecule has 2 rings (SSSR count). The van der Waals surface area contributed by atoms with Crippen molar-refractivity contribution in [2.75, 3.05) is 0 Å². The van der Waals surface area contributed by atoms with Crippen molar-refractivity contribution in [2.24, 2.45) is 0 Å². The van der Waals surface area contributed by atoms with Gasteiger partial charge < -0.3 is 4.79 Å². The van der Waals surface area contributed by atoms with Crippen molar-refractivity contribution >= 4 is 6.29 Å². The lowest BCUT2D eigenvalue weighted by atomic mass is 9.97. The van der Waals surface area contributed by atoms with Crippen LogP contribution in [0.2, 0.25) is 0 Å². The number of aryl methyl sites for hydroxylation is 2. The summed E-state index contributed by atoms with van der Waals surface area (Å²) < 4.78 is 0. The van der Waals surface area contributed by atoms with Crippen LogP contribution in [-0.4, -0.2) is 6.29 Å². The van der Waals surface area contributed by atoms with Crippen LogP contribution in [0.1, 0.15) is 17.5 Å². The van der Waals surface area contributed by atoms with Gasteiger partial charge in [0, 0.05) is 6.42 Å². The van der Waals surface area contributed by atoms with E-state index in [-0.39, 0.29) is 0 Å². The third kappa shape index (κ3) is 2.82. The van der Waals surface area contributed by atoms with Crippen LogP contribution < -0.4 is 0 Å². The minimum Gasteiger partial charge on any atom is -0.303 e. The van der Waals surface area contributed by atoms with Crippen LogP contribution >= 0.6 is 0 Å². The van der Waals surface area contributed by atoms with Crippen LogP contribution in [0.5, 0.6) is 0 Å². The van der Waals surface area contributed by atoms with Crippen LogP contribution in [-0.2, 0) is 11.2 Å². The molecule has 0 aliphatic rings. The van der Waals surface area contributed by atoms with Crippen LogP contribution in [0, 0.1) is 6.92 Å². The number of rotatable bonds is 4. The molecule has 0 unspecified atom stereocenters.